The largest absolute Gasteiger partial charge is 0.311 e. The summed E-state index contributed by atoms with van der Waals surface area (Å²) in [6.07, 6.45) is 0. The first-order valence-electron chi connectivity index (χ1n) is 14.2. The number of fused-ring (bicyclic) bond motifs is 8. The molecule has 0 atom stereocenters. The van der Waals surface area contributed by atoms with Crippen molar-refractivity contribution in [3.63, 3.8) is 0 Å². The average Bonchev–Trinajstić information content (AvgIpc) is 3.43. The van der Waals surface area contributed by atoms with E-state index in [4.69, 9.17) is 0 Å². The third-order valence-electron chi connectivity index (χ3n) is 8.70. The van der Waals surface area contributed by atoms with Gasteiger partial charge in [0.2, 0.25) is 0 Å². The molecule has 0 fully saturated rings. The molecule has 7 aromatic rings. The fourth-order valence-electron chi connectivity index (χ4n) is 7.08. The number of rotatable bonds is 2. The molecule has 9 rings (SSSR count). The Bertz CT molecular complexity index is 2130. The minimum Gasteiger partial charge on any atom is -0.311 e. The summed E-state index contributed by atoms with van der Waals surface area (Å²) < 4.78 is 2.80. The highest BCUT2D eigenvalue weighted by Crippen LogP contribution is 2.49. The first-order valence-corrected chi connectivity index (χ1v) is 15.0. The third-order valence-corrected chi connectivity index (χ3v) is 10.1. The summed E-state index contributed by atoms with van der Waals surface area (Å²) in [6.45, 7) is 2.43. The van der Waals surface area contributed by atoms with E-state index in [1.807, 2.05) is 11.3 Å². The van der Waals surface area contributed by atoms with Crippen LogP contribution in [0, 0.1) is 6.92 Å². The standard InChI is InChI=1S/C37H25BN2S/c1-24-23-25-13-8-9-18-28(25)33-35-37(41-36(24)33)38-29-19-10-11-20-30(29)39(26-14-4-2-5-15-26)31-21-12-22-32(34(31)38)40(35)27-16-6-3-7-17-27/h2-23H,1H3. The fraction of sp³-hybridized carbons (Fsp3) is 0.0270. The van der Waals surface area contributed by atoms with Crippen molar-refractivity contribution in [2.24, 2.45) is 0 Å². The first kappa shape index (κ1) is 23.0. The van der Waals surface area contributed by atoms with Crippen LogP contribution in [0.25, 0.3) is 20.9 Å². The number of nitrogens with zero attached hydrogens (tertiary/aromatic N) is 2. The zero-order valence-electron chi connectivity index (χ0n) is 22.6. The summed E-state index contributed by atoms with van der Waals surface area (Å²) in [5.41, 5.74) is 11.5. The van der Waals surface area contributed by atoms with Crippen LogP contribution in [-0.2, 0) is 0 Å². The number of para-hydroxylation sites is 3. The lowest BCUT2D eigenvalue weighted by atomic mass is 9.36. The van der Waals surface area contributed by atoms with Crippen LogP contribution in [0.1, 0.15) is 5.56 Å². The highest BCUT2D eigenvalue weighted by Gasteiger charge is 2.45. The summed E-state index contributed by atoms with van der Waals surface area (Å²) >= 11 is 1.98. The monoisotopic (exact) mass is 540 g/mol. The molecule has 0 unspecified atom stereocenters. The van der Waals surface area contributed by atoms with Gasteiger partial charge in [-0.1, -0.05) is 84.9 Å². The van der Waals surface area contributed by atoms with Crippen molar-refractivity contribution in [2.75, 3.05) is 9.80 Å². The maximum absolute atomic E-state index is 2.53. The lowest BCUT2D eigenvalue weighted by Crippen LogP contribution is -2.60. The summed E-state index contributed by atoms with van der Waals surface area (Å²) in [7, 11) is 0. The number of hydrogen-bond donors (Lipinski definition) is 0. The summed E-state index contributed by atoms with van der Waals surface area (Å²) in [6, 6.07) is 48.8. The lowest BCUT2D eigenvalue weighted by Gasteiger charge is -2.43. The molecule has 0 radical (unpaired) electrons. The maximum Gasteiger partial charge on any atom is 0.264 e. The van der Waals surface area contributed by atoms with Gasteiger partial charge in [-0.25, -0.2) is 0 Å². The van der Waals surface area contributed by atoms with E-state index in [0.717, 1.165) is 0 Å². The molecular weight excluding hydrogens is 515 g/mol. The molecule has 2 aliphatic rings. The second kappa shape index (κ2) is 8.60. The van der Waals surface area contributed by atoms with Crippen LogP contribution in [0.5, 0.6) is 0 Å². The van der Waals surface area contributed by atoms with Gasteiger partial charge >= 0.3 is 0 Å². The van der Waals surface area contributed by atoms with Crippen LogP contribution in [0.4, 0.5) is 34.1 Å². The van der Waals surface area contributed by atoms with Gasteiger partial charge in [-0.3, -0.25) is 0 Å². The van der Waals surface area contributed by atoms with E-state index >= 15 is 0 Å². The Kier molecular flexibility index (Phi) is 4.82. The number of aryl methyl sites for hydroxylation is 1. The zero-order valence-corrected chi connectivity index (χ0v) is 23.4. The summed E-state index contributed by atoms with van der Waals surface area (Å²) in [4.78, 5) is 4.99. The Hall–Kier alpha value is -4.80. The van der Waals surface area contributed by atoms with Gasteiger partial charge in [0.25, 0.3) is 6.71 Å². The van der Waals surface area contributed by atoms with Crippen molar-refractivity contribution in [3.05, 3.63) is 139 Å². The second-order valence-corrected chi connectivity index (χ2v) is 12.0. The molecule has 1 aromatic heterocycles. The van der Waals surface area contributed by atoms with Crippen molar-refractivity contribution in [2.45, 2.75) is 6.92 Å². The molecular formula is C37H25BN2S. The zero-order chi connectivity index (χ0) is 27.1. The van der Waals surface area contributed by atoms with E-state index in [2.05, 4.69) is 150 Å². The molecule has 2 nitrogen and oxygen atoms in total. The van der Waals surface area contributed by atoms with E-state index in [1.54, 1.807) is 0 Å². The van der Waals surface area contributed by atoms with Gasteiger partial charge in [0, 0.05) is 43.3 Å². The summed E-state index contributed by atoms with van der Waals surface area (Å²) in [5, 5.41) is 3.98. The predicted octanol–water partition coefficient (Wildman–Crippen LogP) is 8.45. The SMILES string of the molecule is Cc1cc2ccccc2c2c3c(sc12)B1c2ccccc2N(c2ccccc2)c2cccc(c21)N3c1ccccc1. The second-order valence-electron chi connectivity index (χ2n) is 11.0. The van der Waals surface area contributed by atoms with Crippen molar-refractivity contribution in [3.8, 4) is 0 Å². The molecule has 4 heteroatoms. The smallest absolute Gasteiger partial charge is 0.264 e. The topological polar surface area (TPSA) is 6.48 Å². The van der Waals surface area contributed by atoms with Crippen LogP contribution in [0.3, 0.4) is 0 Å². The molecule has 0 amide bonds. The van der Waals surface area contributed by atoms with Gasteiger partial charge in [0.05, 0.1) is 5.69 Å². The molecule has 0 spiro atoms. The number of thiophene rings is 1. The molecule has 0 saturated heterocycles. The minimum absolute atomic E-state index is 0.155. The van der Waals surface area contributed by atoms with Crippen LogP contribution in [-0.4, -0.2) is 6.71 Å². The van der Waals surface area contributed by atoms with Gasteiger partial charge in [-0.2, -0.15) is 0 Å². The Morgan fingerprint density at radius 3 is 1.98 bits per heavy atom. The van der Waals surface area contributed by atoms with Gasteiger partial charge in [-0.05, 0) is 82.7 Å². The van der Waals surface area contributed by atoms with Gasteiger partial charge in [-0.15, -0.1) is 11.3 Å². The van der Waals surface area contributed by atoms with Gasteiger partial charge in [0.1, 0.15) is 0 Å². The van der Waals surface area contributed by atoms with Crippen molar-refractivity contribution >= 4 is 88.7 Å². The van der Waals surface area contributed by atoms with E-state index in [-0.39, 0.29) is 6.71 Å². The Labute approximate surface area is 243 Å². The summed E-state index contributed by atoms with van der Waals surface area (Å²) in [5.74, 6) is 0. The molecule has 192 valence electrons. The maximum atomic E-state index is 2.53. The lowest BCUT2D eigenvalue weighted by molar-refractivity contribution is 1.26. The van der Waals surface area contributed by atoms with E-state index in [9.17, 15) is 0 Å². The Morgan fingerprint density at radius 2 is 1.20 bits per heavy atom. The number of anilines is 6. The van der Waals surface area contributed by atoms with E-state index in [0.29, 0.717) is 0 Å². The van der Waals surface area contributed by atoms with Crippen LogP contribution >= 0.6 is 11.3 Å². The fourth-order valence-corrected chi connectivity index (χ4v) is 8.48. The average molecular weight is 541 g/mol. The van der Waals surface area contributed by atoms with Crippen LogP contribution in [0.15, 0.2) is 133 Å². The highest BCUT2D eigenvalue weighted by molar-refractivity contribution is 7.34. The molecule has 41 heavy (non-hydrogen) atoms. The van der Waals surface area contributed by atoms with Crippen molar-refractivity contribution < 1.29 is 0 Å². The van der Waals surface area contributed by atoms with E-state index < -0.39 is 0 Å². The normalized spacial score (nSPS) is 13.3. The van der Waals surface area contributed by atoms with Crippen LogP contribution < -0.4 is 25.5 Å². The molecule has 6 aromatic carbocycles. The number of hydrogen-bond acceptors (Lipinski definition) is 3. The predicted molar refractivity (Wildman–Crippen MR) is 178 cm³/mol. The van der Waals surface area contributed by atoms with Gasteiger partial charge in [0.15, 0.2) is 0 Å². The quantitative estimate of drug-likeness (QED) is 0.203. The Morgan fingerprint density at radius 1 is 0.585 bits per heavy atom. The molecule has 0 N–H and O–H groups in total. The van der Waals surface area contributed by atoms with Crippen molar-refractivity contribution in [1.29, 1.82) is 0 Å². The van der Waals surface area contributed by atoms with Crippen molar-refractivity contribution in [1.82, 2.24) is 0 Å². The number of benzene rings is 6. The first-order chi connectivity index (χ1) is 20.3. The third kappa shape index (κ3) is 3.14. The molecule has 0 aliphatic carbocycles. The van der Waals surface area contributed by atoms with Crippen LogP contribution in [0.2, 0.25) is 0 Å². The van der Waals surface area contributed by atoms with E-state index in [1.165, 1.54) is 76.2 Å². The molecule has 0 bridgehead atoms. The molecule has 3 heterocycles. The molecule has 0 saturated carbocycles. The van der Waals surface area contributed by atoms with Gasteiger partial charge < -0.3 is 9.80 Å². The highest BCUT2D eigenvalue weighted by atomic mass is 32.1. The molecule has 2 aliphatic heterocycles. The minimum atomic E-state index is 0.155. The Balaban J connectivity index is 1.46.